The number of nitrogens with zero attached hydrogens (tertiary/aromatic N) is 3. The van der Waals surface area contributed by atoms with E-state index in [0.29, 0.717) is 62.4 Å². The molecule has 4 rings (SSSR count). The van der Waals surface area contributed by atoms with Gasteiger partial charge in [-0.15, -0.1) is 0 Å². The Morgan fingerprint density at radius 2 is 1.85 bits per heavy atom. The molecule has 0 radical (unpaired) electrons. The molecule has 182 valence electrons. The van der Waals surface area contributed by atoms with Crippen molar-refractivity contribution in [3.05, 3.63) is 63.1 Å². The lowest BCUT2D eigenvalue weighted by atomic mass is 10.0. The number of rotatable bonds is 5. The second kappa shape index (κ2) is 10.4. The fourth-order valence-electron chi connectivity index (χ4n) is 4.76. The molecule has 0 saturated carbocycles. The van der Waals surface area contributed by atoms with Crippen LogP contribution in [0.2, 0.25) is 0 Å². The van der Waals surface area contributed by atoms with Crippen molar-refractivity contribution in [2.45, 2.75) is 38.5 Å². The first kappa shape index (κ1) is 24.0. The van der Waals surface area contributed by atoms with E-state index in [-0.39, 0.29) is 29.7 Å². The Balaban J connectivity index is 1.56. The molecule has 1 fully saturated rings. The molecule has 0 aliphatic carbocycles. The van der Waals surface area contributed by atoms with E-state index in [4.69, 9.17) is 9.47 Å². The number of esters is 1. The summed E-state index contributed by atoms with van der Waals surface area (Å²) in [5.41, 5.74) is 2.45. The number of benzene rings is 1. The highest BCUT2D eigenvalue weighted by molar-refractivity contribution is 5.98. The van der Waals surface area contributed by atoms with E-state index in [9.17, 15) is 19.5 Å². The summed E-state index contributed by atoms with van der Waals surface area (Å²) >= 11 is 0. The number of aliphatic hydroxyl groups is 1. The third kappa shape index (κ3) is 5.00. The fourth-order valence-corrected chi connectivity index (χ4v) is 4.76. The Morgan fingerprint density at radius 3 is 2.53 bits per heavy atom. The second-order valence-corrected chi connectivity index (χ2v) is 8.79. The van der Waals surface area contributed by atoms with Crippen molar-refractivity contribution in [1.82, 2.24) is 14.4 Å². The van der Waals surface area contributed by atoms with Crippen molar-refractivity contribution in [1.29, 1.82) is 0 Å². The third-order valence-electron chi connectivity index (χ3n) is 6.58. The number of hydrogen-bond donors (Lipinski definition) is 1. The summed E-state index contributed by atoms with van der Waals surface area (Å²) in [6.45, 7) is 3.28. The van der Waals surface area contributed by atoms with Crippen LogP contribution >= 0.6 is 0 Å². The lowest BCUT2D eigenvalue weighted by Gasteiger charge is -2.31. The van der Waals surface area contributed by atoms with Gasteiger partial charge in [0.25, 0.3) is 11.5 Å². The van der Waals surface area contributed by atoms with Crippen LogP contribution in [0.15, 0.2) is 35.1 Å². The van der Waals surface area contributed by atoms with Gasteiger partial charge in [0.1, 0.15) is 11.3 Å². The highest BCUT2D eigenvalue weighted by Gasteiger charge is 2.30. The zero-order valence-electron chi connectivity index (χ0n) is 19.7. The lowest BCUT2D eigenvalue weighted by Crippen LogP contribution is -2.43. The molecular weight excluding hydrogens is 438 g/mol. The van der Waals surface area contributed by atoms with E-state index in [2.05, 4.69) is 4.90 Å². The first-order valence-electron chi connectivity index (χ1n) is 11.6. The maximum absolute atomic E-state index is 13.5. The van der Waals surface area contributed by atoms with Crippen LogP contribution in [0, 0.1) is 0 Å². The van der Waals surface area contributed by atoms with Crippen molar-refractivity contribution >= 4 is 11.9 Å². The smallest absolute Gasteiger partial charge is 0.337 e. The standard InChI is InChI=1S/C25H31N3O6/c1-33-21-14-22(30)28-13-12-26(15-17-5-7-18(8-6-17)25(32)34-2)11-9-20(28)23(21)24(31)27-10-3-4-19(29)16-27/h5-8,14,19,29H,3-4,9-13,15-16H2,1-2H3. The Morgan fingerprint density at radius 1 is 1.09 bits per heavy atom. The van der Waals surface area contributed by atoms with Crippen molar-refractivity contribution in [2.24, 2.45) is 0 Å². The summed E-state index contributed by atoms with van der Waals surface area (Å²) < 4.78 is 11.9. The van der Waals surface area contributed by atoms with Crippen LogP contribution in [-0.4, -0.2) is 77.9 Å². The molecule has 1 amide bonds. The van der Waals surface area contributed by atoms with E-state index in [1.54, 1.807) is 21.6 Å². The van der Waals surface area contributed by atoms with Crippen LogP contribution in [0.5, 0.6) is 5.75 Å². The summed E-state index contributed by atoms with van der Waals surface area (Å²) in [4.78, 5) is 41.9. The van der Waals surface area contributed by atoms with Crippen LogP contribution in [0.25, 0.3) is 0 Å². The quantitative estimate of drug-likeness (QED) is 0.659. The molecular formula is C25H31N3O6. The van der Waals surface area contributed by atoms with E-state index >= 15 is 0 Å². The molecule has 3 heterocycles. The van der Waals surface area contributed by atoms with Gasteiger partial charge in [-0.05, 0) is 30.5 Å². The number of methoxy groups -OCH3 is 2. The maximum Gasteiger partial charge on any atom is 0.337 e. The molecule has 2 aliphatic rings. The van der Waals surface area contributed by atoms with Crippen LogP contribution in [0.3, 0.4) is 0 Å². The minimum atomic E-state index is -0.533. The monoisotopic (exact) mass is 469 g/mol. The van der Waals surface area contributed by atoms with Gasteiger partial charge in [-0.25, -0.2) is 4.79 Å². The molecule has 1 aromatic heterocycles. The lowest BCUT2D eigenvalue weighted by molar-refractivity contribution is 0.0469. The van der Waals surface area contributed by atoms with Gasteiger partial charge in [0.15, 0.2) is 0 Å². The first-order chi connectivity index (χ1) is 16.4. The number of amides is 1. The van der Waals surface area contributed by atoms with Crippen LogP contribution in [0.1, 0.15) is 44.8 Å². The number of likely N-dealkylation sites (tertiary alicyclic amines) is 1. The van der Waals surface area contributed by atoms with Crippen LogP contribution in [-0.2, 0) is 24.2 Å². The Bertz CT molecular complexity index is 1110. The van der Waals surface area contributed by atoms with E-state index in [1.807, 2.05) is 12.1 Å². The summed E-state index contributed by atoms with van der Waals surface area (Å²) in [5, 5.41) is 10.1. The maximum atomic E-state index is 13.5. The SMILES string of the molecule is COC(=O)c1ccc(CN2CCc3c(C(=O)N4CCCC(O)C4)c(OC)cc(=O)n3CC2)cc1. The number of ether oxygens (including phenoxy) is 2. The number of carbonyl (C=O) groups excluding carboxylic acids is 2. The summed E-state index contributed by atoms with van der Waals surface area (Å²) in [6, 6.07) is 8.67. The predicted octanol–water partition coefficient (Wildman–Crippen LogP) is 1.30. The Hall–Kier alpha value is -3.17. The van der Waals surface area contributed by atoms with Gasteiger partial charge in [0.05, 0.1) is 25.9 Å². The number of hydrogen-bond acceptors (Lipinski definition) is 7. The van der Waals surface area contributed by atoms with Crippen molar-refractivity contribution < 1.29 is 24.2 Å². The number of β-amino-alcohol motifs (C(OH)–C–C–N with tert-alkyl or cyclic N) is 1. The molecule has 2 aromatic rings. The van der Waals surface area contributed by atoms with Gasteiger partial charge in [0, 0.05) is 57.4 Å². The molecule has 0 spiro atoms. The Labute approximate surface area is 198 Å². The third-order valence-corrected chi connectivity index (χ3v) is 6.58. The Kier molecular flexibility index (Phi) is 7.33. The van der Waals surface area contributed by atoms with E-state index in [0.717, 1.165) is 12.0 Å². The molecule has 1 saturated heterocycles. The molecule has 2 aliphatic heterocycles. The van der Waals surface area contributed by atoms with Gasteiger partial charge < -0.3 is 24.0 Å². The van der Waals surface area contributed by atoms with Crippen molar-refractivity contribution in [3.8, 4) is 5.75 Å². The zero-order chi connectivity index (χ0) is 24.2. The minimum absolute atomic E-state index is 0.189. The van der Waals surface area contributed by atoms with Gasteiger partial charge in [-0.3, -0.25) is 14.5 Å². The first-order valence-corrected chi connectivity index (χ1v) is 11.6. The number of fused-ring (bicyclic) bond motifs is 1. The zero-order valence-corrected chi connectivity index (χ0v) is 19.7. The topological polar surface area (TPSA) is 101 Å². The molecule has 34 heavy (non-hydrogen) atoms. The highest BCUT2D eigenvalue weighted by Crippen LogP contribution is 2.26. The van der Waals surface area contributed by atoms with Crippen molar-refractivity contribution in [2.75, 3.05) is 40.4 Å². The number of carbonyl (C=O) groups is 2. The number of pyridine rings is 1. The predicted molar refractivity (Wildman–Crippen MR) is 125 cm³/mol. The highest BCUT2D eigenvalue weighted by atomic mass is 16.5. The average molecular weight is 470 g/mol. The van der Waals surface area contributed by atoms with Gasteiger partial charge in [-0.2, -0.15) is 0 Å². The number of aliphatic hydroxyl groups excluding tert-OH is 1. The molecule has 1 aromatic carbocycles. The molecule has 9 heteroatoms. The second-order valence-electron chi connectivity index (χ2n) is 8.79. The minimum Gasteiger partial charge on any atom is -0.496 e. The summed E-state index contributed by atoms with van der Waals surface area (Å²) in [5.74, 6) is -0.289. The van der Waals surface area contributed by atoms with Gasteiger partial charge in [-0.1, -0.05) is 12.1 Å². The molecule has 1 atom stereocenters. The molecule has 1 N–H and O–H groups in total. The largest absolute Gasteiger partial charge is 0.496 e. The average Bonchev–Trinajstić information content (AvgIpc) is 3.06. The fraction of sp³-hybridized carbons (Fsp3) is 0.480. The number of aromatic nitrogens is 1. The molecule has 9 nitrogen and oxygen atoms in total. The van der Waals surface area contributed by atoms with Crippen molar-refractivity contribution in [3.63, 3.8) is 0 Å². The van der Waals surface area contributed by atoms with E-state index in [1.165, 1.54) is 20.3 Å². The normalized spacial score (nSPS) is 18.7. The summed E-state index contributed by atoms with van der Waals surface area (Å²) in [6.07, 6.45) is 1.41. The van der Waals surface area contributed by atoms with Gasteiger partial charge >= 0.3 is 5.97 Å². The van der Waals surface area contributed by atoms with Gasteiger partial charge in [0.2, 0.25) is 0 Å². The van der Waals surface area contributed by atoms with Crippen LogP contribution in [0.4, 0.5) is 0 Å². The molecule has 1 unspecified atom stereocenters. The molecule has 0 bridgehead atoms. The number of piperidine rings is 1. The van der Waals surface area contributed by atoms with E-state index < -0.39 is 6.10 Å². The summed E-state index contributed by atoms with van der Waals surface area (Å²) in [7, 11) is 2.82. The van der Waals surface area contributed by atoms with Crippen LogP contribution < -0.4 is 10.3 Å².